The molecule has 3 rings (SSSR count). The number of carbonyl (C=O) groups is 2. The summed E-state index contributed by atoms with van der Waals surface area (Å²) in [4.78, 5) is 25.7. The molecular weight excluding hydrogens is 328 g/mol. The zero-order chi connectivity index (χ0) is 17.5. The molecule has 1 aromatic carbocycles. The van der Waals surface area contributed by atoms with E-state index in [4.69, 9.17) is 0 Å². The van der Waals surface area contributed by atoms with Crippen LogP contribution in [0.2, 0.25) is 0 Å². The average molecular weight is 344 g/mol. The number of hydrogen-bond donors (Lipinski definition) is 1. The lowest BCUT2D eigenvalue weighted by atomic mass is 9.65. The third-order valence-corrected chi connectivity index (χ3v) is 4.65. The second kappa shape index (κ2) is 5.75. The first-order valence-corrected chi connectivity index (χ1v) is 7.69. The SMILES string of the molecule is O=C(CN1C(=O)C2(CCC2)c2c(F)cccc21)NCCC(F)(F)F. The van der Waals surface area contributed by atoms with Crippen molar-refractivity contribution < 1.29 is 27.2 Å². The van der Waals surface area contributed by atoms with Crippen LogP contribution in [0, 0.1) is 5.82 Å². The maximum atomic E-state index is 14.2. The van der Waals surface area contributed by atoms with Gasteiger partial charge in [-0.15, -0.1) is 0 Å². The Morgan fingerprint density at radius 2 is 2.00 bits per heavy atom. The fraction of sp³-hybridized carbons (Fsp3) is 0.500. The number of hydrogen-bond acceptors (Lipinski definition) is 2. The summed E-state index contributed by atoms with van der Waals surface area (Å²) < 4.78 is 50.6. The Hall–Kier alpha value is -2.12. The fourth-order valence-corrected chi connectivity index (χ4v) is 3.38. The van der Waals surface area contributed by atoms with Crippen LogP contribution in [0.15, 0.2) is 18.2 Å². The molecule has 2 amide bonds. The molecule has 0 aromatic heterocycles. The van der Waals surface area contributed by atoms with Crippen molar-refractivity contribution in [1.82, 2.24) is 5.32 Å². The van der Waals surface area contributed by atoms with Crippen molar-refractivity contribution in [1.29, 1.82) is 0 Å². The molecule has 1 saturated carbocycles. The lowest BCUT2D eigenvalue weighted by molar-refractivity contribution is -0.136. The van der Waals surface area contributed by atoms with Gasteiger partial charge in [0.15, 0.2) is 0 Å². The number of rotatable bonds is 4. The molecule has 8 heteroatoms. The molecule has 1 aliphatic heterocycles. The molecule has 130 valence electrons. The third-order valence-electron chi connectivity index (χ3n) is 4.65. The number of alkyl halides is 3. The molecule has 1 spiro atoms. The molecule has 4 nitrogen and oxygen atoms in total. The van der Waals surface area contributed by atoms with Gasteiger partial charge in [0.25, 0.3) is 0 Å². The zero-order valence-corrected chi connectivity index (χ0v) is 12.8. The lowest BCUT2D eigenvalue weighted by Crippen LogP contribution is -2.48. The van der Waals surface area contributed by atoms with Crippen LogP contribution < -0.4 is 10.2 Å². The predicted octanol–water partition coefficient (Wildman–Crippen LogP) is 2.66. The van der Waals surface area contributed by atoms with Crippen molar-refractivity contribution in [2.75, 3.05) is 18.0 Å². The van der Waals surface area contributed by atoms with Gasteiger partial charge in [-0.3, -0.25) is 9.59 Å². The van der Waals surface area contributed by atoms with Crippen LogP contribution in [-0.2, 0) is 15.0 Å². The third kappa shape index (κ3) is 2.74. The zero-order valence-electron chi connectivity index (χ0n) is 12.8. The predicted molar refractivity (Wildman–Crippen MR) is 78.0 cm³/mol. The van der Waals surface area contributed by atoms with E-state index in [-0.39, 0.29) is 5.91 Å². The number of amides is 2. The number of anilines is 1. The molecule has 0 saturated heterocycles. The first-order chi connectivity index (χ1) is 11.2. The number of carbonyl (C=O) groups excluding carboxylic acids is 2. The summed E-state index contributed by atoms with van der Waals surface area (Å²) in [7, 11) is 0. The Morgan fingerprint density at radius 1 is 1.29 bits per heavy atom. The molecule has 0 unspecified atom stereocenters. The highest BCUT2D eigenvalue weighted by Gasteiger charge is 2.56. The van der Waals surface area contributed by atoms with Gasteiger partial charge in [-0.05, 0) is 25.0 Å². The fourth-order valence-electron chi connectivity index (χ4n) is 3.38. The van der Waals surface area contributed by atoms with Crippen LogP contribution in [-0.4, -0.2) is 31.1 Å². The van der Waals surface area contributed by atoms with Gasteiger partial charge >= 0.3 is 6.18 Å². The summed E-state index contributed by atoms with van der Waals surface area (Å²) in [6.45, 7) is -0.958. The number of fused-ring (bicyclic) bond motifs is 2. The highest BCUT2D eigenvalue weighted by atomic mass is 19.4. The van der Waals surface area contributed by atoms with Crippen LogP contribution in [0.4, 0.5) is 23.2 Å². The van der Waals surface area contributed by atoms with Gasteiger partial charge < -0.3 is 10.2 Å². The summed E-state index contributed by atoms with van der Waals surface area (Å²) in [5, 5.41) is 2.15. The van der Waals surface area contributed by atoms with Crippen molar-refractivity contribution in [2.45, 2.75) is 37.3 Å². The minimum absolute atomic E-state index is 0.310. The molecule has 0 atom stereocenters. The average Bonchev–Trinajstić information content (AvgIpc) is 2.68. The minimum atomic E-state index is -4.36. The lowest BCUT2D eigenvalue weighted by Gasteiger charge is -2.37. The first kappa shape index (κ1) is 16.7. The Kier molecular flexibility index (Phi) is 4.01. The molecule has 1 fully saturated rings. The van der Waals surface area contributed by atoms with Crippen molar-refractivity contribution in [3.63, 3.8) is 0 Å². The summed E-state index contributed by atoms with van der Waals surface area (Å²) in [5.41, 5.74) is -0.262. The van der Waals surface area contributed by atoms with Gasteiger partial charge in [-0.2, -0.15) is 13.2 Å². The summed E-state index contributed by atoms with van der Waals surface area (Å²) in [6, 6.07) is 4.29. The Bertz CT molecular complexity index is 683. The van der Waals surface area contributed by atoms with Crippen molar-refractivity contribution >= 4 is 17.5 Å². The maximum Gasteiger partial charge on any atom is 0.390 e. The van der Waals surface area contributed by atoms with E-state index in [0.717, 1.165) is 6.42 Å². The van der Waals surface area contributed by atoms with Gasteiger partial charge in [0.2, 0.25) is 11.8 Å². The van der Waals surface area contributed by atoms with E-state index in [9.17, 15) is 27.2 Å². The standard InChI is InChI=1S/C16H16F4N2O2/c17-10-3-1-4-11-13(10)15(5-2-6-15)14(24)22(11)9-12(23)21-8-7-16(18,19)20/h1,3-4H,2,5-9H2,(H,21,23). The van der Waals surface area contributed by atoms with E-state index in [1.165, 1.54) is 17.0 Å². The first-order valence-electron chi connectivity index (χ1n) is 7.69. The van der Waals surface area contributed by atoms with E-state index < -0.39 is 42.8 Å². The molecule has 1 N–H and O–H groups in total. The molecule has 1 heterocycles. The number of halogens is 4. The second-order valence-corrected chi connectivity index (χ2v) is 6.18. The van der Waals surface area contributed by atoms with E-state index >= 15 is 0 Å². The summed E-state index contributed by atoms with van der Waals surface area (Å²) in [5.74, 6) is -1.53. The quantitative estimate of drug-likeness (QED) is 0.854. The second-order valence-electron chi connectivity index (χ2n) is 6.18. The molecular formula is C16H16F4N2O2. The molecule has 2 aliphatic rings. The van der Waals surface area contributed by atoms with Crippen LogP contribution in [0.3, 0.4) is 0 Å². The Labute approximate surface area is 135 Å². The minimum Gasteiger partial charge on any atom is -0.354 e. The summed E-state index contributed by atoms with van der Waals surface area (Å²) >= 11 is 0. The Balaban J connectivity index is 1.74. The van der Waals surface area contributed by atoms with E-state index in [1.54, 1.807) is 6.07 Å². The highest BCUT2D eigenvalue weighted by Crippen LogP contribution is 2.54. The largest absolute Gasteiger partial charge is 0.390 e. The number of nitrogens with one attached hydrogen (secondary N) is 1. The van der Waals surface area contributed by atoms with Gasteiger partial charge in [0.1, 0.15) is 12.4 Å². The van der Waals surface area contributed by atoms with Crippen LogP contribution in [0.5, 0.6) is 0 Å². The van der Waals surface area contributed by atoms with Gasteiger partial charge in [-0.25, -0.2) is 4.39 Å². The van der Waals surface area contributed by atoms with E-state index in [2.05, 4.69) is 5.32 Å². The molecule has 0 bridgehead atoms. The van der Waals surface area contributed by atoms with Crippen molar-refractivity contribution in [3.8, 4) is 0 Å². The topological polar surface area (TPSA) is 49.4 Å². The monoisotopic (exact) mass is 344 g/mol. The Morgan fingerprint density at radius 3 is 2.58 bits per heavy atom. The number of benzene rings is 1. The molecule has 0 radical (unpaired) electrons. The van der Waals surface area contributed by atoms with Crippen LogP contribution >= 0.6 is 0 Å². The smallest absolute Gasteiger partial charge is 0.354 e. The molecule has 1 aliphatic carbocycles. The van der Waals surface area contributed by atoms with Crippen molar-refractivity contribution in [2.24, 2.45) is 0 Å². The molecule has 1 aromatic rings. The van der Waals surface area contributed by atoms with Crippen LogP contribution in [0.1, 0.15) is 31.2 Å². The normalized spacial score (nSPS) is 18.5. The van der Waals surface area contributed by atoms with Crippen LogP contribution in [0.25, 0.3) is 0 Å². The van der Waals surface area contributed by atoms with Gasteiger partial charge in [-0.1, -0.05) is 12.5 Å². The maximum absolute atomic E-state index is 14.2. The highest BCUT2D eigenvalue weighted by molar-refractivity contribution is 6.11. The van der Waals surface area contributed by atoms with E-state index in [1.807, 2.05) is 0 Å². The molecule has 24 heavy (non-hydrogen) atoms. The van der Waals surface area contributed by atoms with E-state index in [0.29, 0.717) is 24.1 Å². The number of nitrogens with zero attached hydrogens (tertiary/aromatic N) is 1. The summed E-state index contributed by atoms with van der Waals surface area (Å²) in [6.07, 6.45) is -3.66. The van der Waals surface area contributed by atoms with Gasteiger partial charge in [0.05, 0.1) is 17.5 Å². The van der Waals surface area contributed by atoms with Gasteiger partial charge in [0, 0.05) is 12.1 Å². The van der Waals surface area contributed by atoms with Crippen molar-refractivity contribution in [3.05, 3.63) is 29.6 Å².